The molecular formula is C19H24N4O. The SMILES string of the molecule is CCN1CCc2ncnc(N3CCc4ccc(OC)cc4C3)c2C1. The van der Waals surface area contributed by atoms with E-state index in [9.17, 15) is 0 Å². The van der Waals surface area contributed by atoms with E-state index in [-0.39, 0.29) is 0 Å². The Balaban J connectivity index is 1.65. The largest absolute Gasteiger partial charge is 0.497 e. The summed E-state index contributed by atoms with van der Waals surface area (Å²) in [5, 5.41) is 0. The minimum atomic E-state index is 0.891. The van der Waals surface area contributed by atoms with Gasteiger partial charge < -0.3 is 9.64 Å². The van der Waals surface area contributed by atoms with Crippen LogP contribution in [0.15, 0.2) is 24.5 Å². The van der Waals surface area contributed by atoms with Gasteiger partial charge in [0.2, 0.25) is 0 Å². The summed E-state index contributed by atoms with van der Waals surface area (Å²) in [7, 11) is 1.72. The topological polar surface area (TPSA) is 41.5 Å². The van der Waals surface area contributed by atoms with Crippen LogP contribution in [-0.2, 0) is 25.9 Å². The lowest BCUT2D eigenvalue weighted by Crippen LogP contribution is -2.36. The van der Waals surface area contributed by atoms with E-state index < -0.39 is 0 Å². The molecule has 0 saturated heterocycles. The predicted octanol–water partition coefficient (Wildman–Crippen LogP) is 2.43. The van der Waals surface area contributed by atoms with Gasteiger partial charge in [-0.1, -0.05) is 13.0 Å². The van der Waals surface area contributed by atoms with Gasteiger partial charge in [-0.05, 0) is 36.2 Å². The van der Waals surface area contributed by atoms with Gasteiger partial charge in [0.15, 0.2) is 0 Å². The van der Waals surface area contributed by atoms with Crippen molar-refractivity contribution in [2.45, 2.75) is 32.9 Å². The highest BCUT2D eigenvalue weighted by molar-refractivity contribution is 5.52. The molecule has 0 bridgehead atoms. The Bertz CT molecular complexity index is 746. The van der Waals surface area contributed by atoms with E-state index in [0.29, 0.717) is 0 Å². The number of aromatic nitrogens is 2. The lowest BCUT2D eigenvalue weighted by atomic mass is 9.98. The van der Waals surface area contributed by atoms with E-state index in [1.54, 1.807) is 13.4 Å². The molecule has 0 saturated carbocycles. The molecule has 2 aliphatic heterocycles. The van der Waals surface area contributed by atoms with Crippen molar-refractivity contribution < 1.29 is 4.74 Å². The molecule has 1 aromatic carbocycles. The molecule has 2 aromatic rings. The zero-order valence-corrected chi connectivity index (χ0v) is 14.5. The second-order valence-electron chi connectivity index (χ2n) is 6.55. The quantitative estimate of drug-likeness (QED) is 0.867. The minimum Gasteiger partial charge on any atom is -0.497 e. The minimum absolute atomic E-state index is 0.891. The van der Waals surface area contributed by atoms with Crippen molar-refractivity contribution in [3.63, 3.8) is 0 Å². The van der Waals surface area contributed by atoms with Crippen molar-refractivity contribution in [1.29, 1.82) is 0 Å². The Hall–Kier alpha value is -2.14. The first-order valence-corrected chi connectivity index (χ1v) is 8.74. The van der Waals surface area contributed by atoms with Crippen LogP contribution in [0.5, 0.6) is 5.75 Å². The van der Waals surface area contributed by atoms with Crippen LogP contribution in [0.1, 0.15) is 29.3 Å². The Morgan fingerprint density at radius 3 is 2.83 bits per heavy atom. The lowest BCUT2D eigenvalue weighted by molar-refractivity contribution is 0.265. The molecule has 0 fully saturated rings. The van der Waals surface area contributed by atoms with Crippen LogP contribution < -0.4 is 9.64 Å². The molecule has 0 atom stereocenters. The summed E-state index contributed by atoms with van der Waals surface area (Å²) in [4.78, 5) is 14.1. The van der Waals surface area contributed by atoms with Crippen LogP contribution in [0.4, 0.5) is 5.82 Å². The Labute approximate surface area is 143 Å². The third kappa shape index (κ3) is 2.73. The number of hydrogen-bond acceptors (Lipinski definition) is 5. The second-order valence-corrected chi connectivity index (χ2v) is 6.55. The van der Waals surface area contributed by atoms with Crippen LogP contribution in [0.25, 0.3) is 0 Å². The van der Waals surface area contributed by atoms with Crippen LogP contribution in [0, 0.1) is 0 Å². The summed E-state index contributed by atoms with van der Waals surface area (Å²) >= 11 is 0. The van der Waals surface area contributed by atoms with Gasteiger partial charge in [0.25, 0.3) is 0 Å². The molecule has 0 unspecified atom stereocenters. The van der Waals surface area contributed by atoms with Crippen molar-refractivity contribution in [2.24, 2.45) is 0 Å². The van der Waals surface area contributed by atoms with Gasteiger partial charge >= 0.3 is 0 Å². The lowest BCUT2D eigenvalue weighted by Gasteiger charge is -2.34. The molecule has 4 rings (SSSR count). The normalized spacial score (nSPS) is 17.3. The number of hydrogen-bond donors (Lipinski definition) is 0. The molecule has 5 nitrogen and oxygen atoms in total. The molecule has 0 amide bonds. The third-order valence-electron chi connectivity index (χ3n) is 5.23. The van der Waals surface area contributed by atoms with Crippen LogP contribution in [-0.4, -0.2) is 41.6 Å². The van der Waals surface area contributed by atoms with Gasteiger partial charge in [0, 0.05) is 38.2 Å². The van der Waals surface area contributed by atoms with E-state index >= 15 is 0 Å². The molecule has 2 aliphatic rings. The summed E-state index contributed by atoms with van der Waals surface area (Å²) in [6.45, 7) is 7.26. The summed E-state index contributed by atoms with van der Waals surface area (Å²) in [6.07, 6.45) is 3.81. The fraction of sp³-hybridized carbons (Fsp3) is 0.474. The molecular weight excluding hydrogens is 300 g/mol. The van der Waals surface area contributed by atoms with Crippen molar-refractivity contribution in [1.82, 2.24) is 14.9 Å². The number of fused-ring (bicyclic) bond motifs is 2. The summed E-state index contributed by atoms with van der Waals surface area (Å²) in [5.41, 5.74) is 5.30. The number of rotatable bonds is 3. The molecule has 126 valence electrons. The number of nitrogens with zero attached hydrogens (tertiary/aromatic N) is 4. The third-order valence-corrected chi connectivity index (χ3v) is 5.23. The Morgan fingerprint density at radius 1 is 1.08 bits per heavy atom. The van der Waals surface area contributed by atoms with E-state index in [2.05, 4.69) is 44.9 Å². The highest BCUT2D eigenvalue weighted by Crippen LogP contribution is 2.30. The number of likely N-dealkylation sites (N-methyl/N-ethyl adjacent to an activating group) is 1. The van der Waals surface area contributed by atoms with Crippen molar-refractivity contribution in [3.05, 3.63) is 46.9 Å². The van der Waals surface area contributed by atoms with Gasteiger partial charge in [-0.15, -0.1) is 0 Å². The average Bonchev–Trinajstić information content (AvgIpc) is 2.66. The molecule has 5 heteroatoms. The van der Waals surface area contributed by atoms with Crippen molar-refractivity contribution in [3.8, 4) is 5.75 Å². The van der Waals surface area contributed by atoms with Crippen molar-refractivity contribution >= 4 is 5.82 Å². The number of anilines is 1. The van der Waals surface area contributed by atoms with Gasteiger partial charge in [0.05, 0.1) is 12.8 Å². The van der Waals surface area contributed by atoms with Crippen molar-refractivity contribution in [2.75, 3.05) is 31.6 Å². The average molecular weight is 324 g/mol. The molecule has 0 radical (unpaired) electrons. The standard InChI is InChI=1S/C19H24N4O/c1-3-22-8-7-18-17(12-22)19(21-13-20-18)23-9-6-14-4-5-16(24-2)10-15(14)11-23/h4-5,10,13H,3,6-9,11-12H2,1-2H3. The maximum absolute atomic E-state index is 5.39. The molecule has 0 spiro atoms. The van der Waals surface area contributed by atoms with Crippen LogP contribution >= 0.6 is 0 Å². The smallest absolute Gasteiger partial charge is 0.137 e. The predicted molar refractivity (Wildman–Crippen MR) is 94.4 cm³/mol. The Morgan fingerprint density at radius 2 is 2.00 bits per heavy atom. The van der Waals surface area contributed by atoms with E-state index in [1.165, 1.54) is 22.4 Å². The Kier molecular flexibility index (Phi) is 4.10. The summed E-state index contributed by atoms with van der Waals surface area (Å²) in [6, 6.07) is 6.41. The molecule has 1 aromatic heterocycles. The van der Waals surface area contributed by atoms with Gasteiger partial charge in [-0.2, -0.15) is 0 Å². The zero-order chi connectivity index (χ0) is 16.5. The zero-order valence-electron chi connectivity index (χ0n) is 14.5. The summed E-state index contributed by atoms with van der Waals surface area (Å²) in [5.74, 6) is 2.05. The molecule has 0 N–H and O–H groups in total. The van der Waals surface area contributed by atoms with Gasteiger partial charge in [-0.3, -0.25) is 4.90 Å². The van der Waals surface area contributed by atoms with Gasteiger partial charge in [0.1, 0.15) is 17.9 Å². The van der Waals surface area contributed by atoms with E-state index in [0.717, 1.165) is 57.1 Å². The fourth-order valence-corrected chi connectivity index (χ4v) is 3.77. The first kappa shape index (κ1) is 15.4. The summed E-state index contributed by atoms with van der Waals surface area (Å²) < 4.78 is 5.39. The number of methoxy groups -OCH3 is 1. The van der Waals surface area contributed by atoms with Crippen LogP contribution in [0.2, 0.25) is 0 Å². The molecule has 0 aliphatic carbocycles. The first-order chi connectivity index (χ1) is 11.8. The molecule has 24 heavy (non-hydrogen) atoms. The monoisotopic (exact) mass is 324 g/mol. The fourth-order valence-electron chi connectivity index (χ4n) is 3.77. The number of benzene rings is 1. The van der Waals surface area contributed by atoms with E-state index in [4.69, 9.17) is 4.74 Å². The maximum Gasteiger partial charge on any atom is 0.137 e. The first-order valence-electron chi connectivity index (χ1n) is 8.74. The highest BCUT2D eigenvalue weighted by Gasteiger charge is 2.25. The van der Waals surface area contributed by atoms with Gasteiger partial charge in [-0.25, -0.2) is 9.97 Å². The number of ether oxygens (including phenoxy) is 1. The van der Waals surface area contributed by atoms with E-state index in [1.807, 2.05) is 0 Å². The van der Waals surface area contributed by atoms with Crippen LogP contribution in [0.3, 0.4) is 0 Å². The molecule has 3 heterocycles. The highest BCUT2D eigenvalue weighted by atomic mass is 16.5. The second kappa shape index (κ2) is 6.40. The maximum atomic E-state index is 5.39.